The maximum atomic E-state index is 13.1. The largest absolute Gasteiger partial charge is 0.296 e. The van der Waals surface area contributed by atoms with E-state index in [1.54, 1.807) is 10.5 Å². The van der Waals surface area contributed by atoms with E-state index in [9.17, 15) is 4.39 Å². The molecule has 0 N–H and O–H groups in total. The molecule has 0 amide bonds. The van der Waals surface area contributed by atoms with Crippen LogP contribution in [0.1, 0.15) is 18.3 Å². The van der Waals surface area contributed by atoms with Crippen molar-refractivity contribution < 1.29 is 4.39 Å². The summed E-state index contributed by atoms with van der Waals surface area (Å²) >= 11 is 0. The van der Waals surface area contributed by atoms with Gasteiger partial charge in [0.15, 0.2) is 11.5 Å². The Morgan fingerprint density at radius 1 is 1.40 bits per heavy atom. The maximum Gasteiger partial charge on any atom is 0.160 e. The highest BCUT2D eigenvalue weighted by Gasteiger charge is 2.29. The molecule has 1 aliphatic heterocycles. The first-order chi connectivity index (χ1) is 7.25. The van der Waals surface area contributed by atoms with E-state index in [0.29, 0.717) is 5.65 Å². The molecule has 4 nitrogen and oxygen atoms in total. The average Bonchev–Trinajstić information content (AvgIpc) is 2.59. The van der Waals surface area contributed by atoms with Crippen LogP contribution in [-0.2, 0) is 0 Å². The van der Waals surface area contributed by atoms with E-state index in [1.165, 1.54) is 12.3 Å². The number of halogens is 1. The first kappa shape index (κ1) is 8.79. The number of hydrogen-bond acceptors (Lipinski definition) is 3. The van der Waals surface area contributed by atoms with E-state index in [0.717, 1.165) is 18.8 Å². The highest BCUT2D eigenvalue weighted by atomic mass is 19.1. The Balaban J connectivity index is 2.14. The normalized spacial score (nSPS) is 21.9. The molecule has 0 saturated carbocycles. The van der Waals surface area contributed by atoms with Crippen molar-refractivity contribution in [2.75, 3.05) is 13.6 Å². The second-order valence-corrected chi connectivity index (χ2v) is 3.92. The monoisotopic (exact) mass is 206 g/mol. The van der Waals surface area contributed by atoms with Crippen LogP contribution in [0.25, 0.3) is 5.65 Å². The predicted molar refractivity (Wildman–Crippen MR) is 52.9 cm³/mol. The van der Waals surface area contributed by atoms with Gasteiger partial charge in [-0.2, -0.15) is 0 Å². The maximum absolute atomic E-state index is 13.1. The molecule has 1 aliphatic rings. The molecule has 15 heavy (non-hydrogen) atoms. The SMILES string of the molecule is CN1CCC1c1nnc2ccc(F)cn12. The van der Waals surface area contributed by atoms with Crippen molar-refractivity contribution in [2.24, 2.45) is 0 Å². The molecule has 3 rings (SSSR count). The Morgan fingerprint density at radius 2 is 2.27 bits per heavy atom. The Labute approximate surface area is 86.3 Å². The summed E-state index contributed by atoms with van der Waals surface area (Å²) in [6, 6.07) is 3.32. The minimum atomic E-state index is -0.259. The lowest BCUT2D eigenvalue weighted by atomic mass is 10.0. The standard InChI is InChI=1S/C10H11FN4/c1-14-5-4-8(14)10-13-12-9-3-2-7(11)6-15(9)10/h2-3,6,8H,4-5H2,1H3. The minimum absolute atomic E-state index is 0.259. The molecule has 78 valence electrons. The van der Waals surface area contributed by atoms with Gasteiger partial charge in [0.25, 0.3) is 0 Å². The Kier molecular flexibility index (Phi) is 1.76. The molecule has 0 spiro atoms. The van der Waals surface area contributed by atoms with Crippen LogP contribution in [0.2, 0.25) is 0 Å². The van der Waals surface area contributed by atoms with Crippen LogP contribution < -0.4 is 0 Å². The van der Waals surface area contributed by atoms with Gasteiger partial charge in [0, 0.05) is 12.7 Å². The van der Waals surface area contributed by atoms with Crippen molar-refractivity contribution in [3.05, 3.63) is 30.0 Å². The molecule has 0 radical (unpaired) electrons. The van der Waals surface area contributed by atoms with Gasteiger partial charge in [-0.3, -0.25) is 9.30 Å². The van der Waals surface area contributed by atoms with Crippen LogP contribution in [0, 0.1) is 5.82 Å². The summed E-state index contributed by atoms with van der Waals surface area (Å²) in [5.74, 6) is 0.573. The van der Waals surface area contributed by atoms with Crippen LogP contribution in [0.15, 0.2) is 18.3 Å². The summed E-state index contributed by atoms with van der Waals surface area (Å²) in [5.41, 5.74) is 0.701. The first-order valence-corrected chi connectivity index (χ1v) is 4.96. The van der Waals surface area contributed by atoms with Gasteiger partial charge in [0.1, 0.15) is 5.82 Å². The zero-order valence-electron chi connectivity index (χ0n) is 8.39. The highest BCUT2D eigenvalue weighted by Crippen LogP contribution is 2.30. The fraction of sp³-hybridized carbons (Fsp3) is 0.400. The van der Waals surface area contributed by atoms with E-state index in [-0.39, 0.29) is 11.9 Å². The van der Waals surface area contributed by atoms with Gasteiger partial charge in [-0.05, 0) is 25.6 Å². The fourth-order valence-corrected chi connectivity index (χ4v) is 1.95. The molecule has 3 heterocycles. The van der Waals surface area contributed by atoms with Gasteiger partial charge < -0.3 is 0 Å². The first-order valence-electron chi connectivity index (χ1n) is 4.96. The summed E-state index contributed by atoms with van der Waals surface area (Å²) < 4.78 is 14.8. The quantitative estimate of drug-likeness (QED) is 0.704. The topological polar surface area (TPSA) is 33.4 Å². The van der Waals surface area contributed by atoms with Crippen LogP contribution in [0.3, 0.4) is 0 Å². The number of rotatable bonds is 1. The average molecular weight is 206 g/mol. The van der Waals surface area contributed by atoms with Crippen molar-refractivity contribution in [1.29, 1.82) is 0 Å². The molecular formula is C10H11FN4. The molecule has 5 heteroatoms. The summed E-state index contributed by atoms with van der Waals surface area (Å²) in [5, 5.41) is 8.13. The lowest BCUT2D eigenvalue weighted by Crippen LogP contribution is -2.38. The van der Waals surface area contributed by atoms with Crippen molar-refractivity contribution in [1.82, 2.24) is 19.5 Å². The van der Waals surface area contributed by atoms with E-state index in [2.05, 4.69) is 15.1 Å². The smallest absolute Gasteiger partial charge is 0.160 e. The van der Waals surface area contributed by atoms with Crippen LogP contribution in [-0.4, -0.2) is 33.1 Å². The van der Waals surface area contributed by atoms with Gasteiger partial charge in [0.05, 0.1) is 6.04 Å². The third-order valence-electron chi connectivity index (χ3n) is 2.98. The number of pyridine rings is 1. The number of likely N-dealkylation sites (tertiary alicyclic amines) is 1. The third kappa shape index (κ3) is 1.23. The summed E-state index contributed by atoms with van der Waals surface area (Å²) in [6.07, 6.45) is 2.50. The predicted octanol–water partition coefficient (Wildman–Crippen LogP) is 1.24. The second-order valence-electron chi connectivity index (χ2n) is 3.92. The number of aromatic nitrogens is 3. The zero-order chi connectivity index (χ0) is 10.4. The van der Waals surface area contributed by atoms with Crippen LogP contribution >= 0.6 is 0 Å². The third-order valence-corrected chi connectivity index (χ3v) is 2.98. The molecule has 2 aromatic rings. The zero-order valence-corrected chi connectivity index (χ0v) is 8.39. The molecule has 1 saturated heterocycles. The molecule has 0 bridgehead atoms. The van der Waals surface area contributed by atoms with Crippen molar-refractivity contribution in [2.45, 2.75) is 12.5 Å². The Bertz CT molecular complexity index is 507. The van der Waals surface area contributed by atoms with Crippen molar-refractivity contribution in [3.63, 3.8) is 0 Å². The number of nitrogens with zero attached hydrogens (tertiary/aromatic N) is 4. The summed E-state index contributed by atoms with van der Waals surface area (Å²) in [4.78, 5) is 2.18. The van der Waals surface area contributed by atoms with Gasteiger partial charge in [0.2, 0.25) is 0 Å². The Hall–Kier alpha value is -1.49. The summed E-state index contributed by atoms with van der Waals surface area (Å²) in [7, 11) is 2.04. The van der Waals surface area contributed by atoms with E-state index < -0.39 is 0 Å². The Morgan fingerprint density at radius 3 is 2.93 bits per heavy atom. The van der Waals surface area contributed by atoms with Gasteiger partial charge >= 0.3 is 0 Å². The van der Waals surface area contributed by atoms with Crippen LogP contribution in [0.5, 0.6) is 0 Å². The molecule has 1 unspecified atom stereocenters. The molecule has 0 aliphatic carbocycles. The lowest BCUT2D eigenvalue weighted by Gasteiger charge is -2.36. The molecule has 1 fully saturated rings. The molecular weight excluding hydrogens is 195 g/mol. The van der Waals surface area contributed by atoms with E-state index in [1.807, 2.05) is 7.05 Å². The number of hydrogen-bond donors (Lipinski definition) is 0. The number of fused-ring (bicyclic) bond motifs is 1. The van der Waals surface area contributed by atoms with Crippen molar-refractivity contribution in [3.8, 4) is 0 Å². The van der Waals surface area contributed by atoms with Gasteiger partial charge in [-0.25, -0.2) is 4.39 Å². The fourth-order valence-electron chi connectivity index (χ4n) is 1.95. The molecule has 2 aromatic heterocycles. The molecule has 0 aromatic carbocycles. The van der Waals surface area contributed by atoms with E-state index in [4.69, 9.17) is 0 Å². The van der Waals surface area contributed by atoms with Gasteiger partial charge in [-0.1, -0.05) is 0 Å². The van der Waals surface area contributed by atoms with Crippen molar-refractivity contribution >= 4 is 5.65 Å². The lowest BCUT2D eigenvalue weighted by molar-refractivity contribution is 0.119. The summed E-state index contributed by atoms with van der Waals surface area (Å²) in [6.45, 7) is 1.06. The van der Waals surface area contributed by atoms with Crippen LogP contribution in [0.4, 0.5) is 4.39 Å². The minimum Gasteiger partial charge on any atom is -0.296 e. The molecule has 1 atom stereocenters. The highest BCUT2D eigenvalue weighted by molar-refractivity contribution is 5.38. The van der Waals surface area contributed by atoms with E-state index >= 15 is 0 Å². The second kappa shape index (κ2) is 3.00. The van der Waals surface area contributed by atoms with Gasteiger partial charge in [-0.15, -0.1) is 10.2 Å².